The zero-order chi connectivity index (χ0) is 18.0. The Balaban J connectivity index is 1.60. The molecule has 1 aliphatic carbocycles. The van der Waals surface area contributed by atoms with Crippen molar-refractivity contribution >= 4 is 5.91 Å². The summed E-state index contributed by atoms with van der Waals surface area (Å²) in [4.78, 5) is 12.4. The zero-order valence-electron chi connectivity index (χ0n) is 14.9. The fraction of sp³-hybridized carbons (Fsp3) is 0.588. The number of amides is 1. The van der Waals surface area contributed by atoms with Gasteiger partial charge in [-0.2, -0.15) is 0 Å². The molecular weight excluding hydrogens is 322 g/mol. The van der Waals surface area contributed by atoms with E-state index in [9.17, 15) is 9.90 Å². The summed E-state index contributed by atoms with van der Waals surface area (Å²) in [6.07, 6.45) is 3.55. The number of carbonyl (C=O) groups excluding carboxylic acids is 1. The van der Waals surface area contributed by atoms with Crippen LogP contribution in [-0.2, 0) is 24.9 Å². The summed E-state index contributed by atoms with van der Waals surface area (Å²) in [6.45, 7) is 2.95. The first-order chi connectivity index (χ1) is 12.0. The SMILES string of the molecule is COCCn1c(CO)nnc1C1CC(NC(=O)c2ccn(C)c2C)C1. The molecular formula is C17H25N5O3. The Labute approximate surface area is 146 Å². The van der Waals surface area contributed by atoms with E-state index in [2.05, 4.69) is 15.5 Å². The van der Waals surface area contributed by atoms with Gasteiger partial charge >= 0.3 is 0 Å². The highest BCUT2D eigenvalue weighted by molar-refractivity contribution is 5.95. The van der Waals surface area contributed by atoms with Gasteiger partial charge in [0.25, 0.3) is 5.91 Å². The van der Waals surface area contributed by atoms with Crippen molar-refractivity contribution < 1.29 is 14.6 Å². The number of aryl methyl sites for hydroxylation is 1. The van der Waals surface area contributed by atoms with E-state index in [0.717, 1.165) is 29.9 Å². The first-order valence-electron chi connectivity index (χ1n) is 8.49. The zero-order valence-corrected chi connectivity index (χ0v) is 14.9. The largest absolute Gasteiger partial charge is 0.388 e. The van der Waals surface area contributed by atoms with Crippen LogP contribution in [-0.4, -0.2) is 50.1 Å². The molecule has 1 aliphatic rings. The topological polar surface area (TPSA) is 94.2 Å². The molecule has 2 heterocycles. The molecule has 8 nitrogen and oxygen atoms in total. The Bertz CT molecular complexity index is 746. The van der Waals surface area contributed by atoms with E-state index in [0.29, 0.717) is 19.0 Å². The Morgan fingerprint density at radius 3 is 2.80 bits per heavy atom. The molecule has 0 saturated heterocycles. The summed E-state index contributed by atoms with van der Waals surface area (Å²) < 4.78 is 8.98. The Morgan fingerprint density at radius 1 is 1.44 bits per heavy atom. The van der Waals surface area contributed by atoms with Gasteiger partial charge in [-0.3, -0.25) is 4.79 Å². The number of hydrogen-bond acceptors (Lipinski definition) is 5. The van der Waals surface area contributed by atoms with Gasteiger partial charge in [-0.15, -0.1) is 10.2 Å². The standard InChI is InChI=1S/C17H25N5O3/c1-11-14(4-5-21(11)2)17(24)18-13-8-12(9-13)16-20-19-15(10-23)22(16)6-7-25-3/h4-5,12-13,23H,6-10H2,1-3H3,(H,18,24). The summed E-state index contributed by atoms with van der Waals surface area (Å²) in [6, 6.07) is 1.98. The maximum Gasteiger partial charge on any atom is 0.253 e. The Morgan fingerprint density at radius 2 is 2.20 bits per heavy atom. The highest BCUT2D eigenvalue weighted by atomic mass is 16.5. The Hall–Kier alpha value is -2.19. The minimum absolute atomic E-state index is 0.0292. The lowest BCUT2D eigenvalue weighted by Crippen LogP contribution is -2.44. The van der Waals surface area contributed by atoms with Crippen molar-refractivity contribution in [1.82, 2.24) is 24.6 Å². The highest BCUT2D eigenvalue weighted by Gasteiger charge is 2.35. The number of rotatable bonds is 7. The number of methoxy groups -OCH3 is 1. The molecule has 3 rings (SSSR count). The first-order valence-corrected chi connectivity index (χ1v) is 8.49. The van der Waals surface area contributed by atoms with E-state index < -0.39 is 0 Å². The number of carbonyl (C=O) groups is 1. The predicted octanol–water partition coefficient (Wildman–Crippen LogP) is 0.740. The van der Waals surface area contributed by atoms with Crippen LogP contribution in [0.5, 0.6) is 0 Å². The van der Waals surface area contributed by atoms with Crippen molar-refractivity contribution in [3.63, 3.8) is 0 Å². The molecule has 0 bridgehead atoms. The maximum absolute atomic E-state index is 12.4. The van der Waals surface area contributed by atoms with Crippen molar-refractivity contribution in [1.29, 1.82) is 0 Å². The summed E-state index contributed by atoms with van der Waals surface area (Å²) in [5.74, 6) is 1.63. The normalized spacial score (nSPS) is 19.7. The van der Waals surface area contributed by atoms with Gasteiger partial charge < -0.3 is 24.3 Å². The molecule has 0 radical (unpaired) electrons. The number of aliphatic hydroxyl groups is 1. The molecule has 0 spiro atoms. The fourth-order valence-electron chi connectivity index (χ4n) is 3.25. The molecule has 2 aromatic heterocycles. The van der Waals surface area contributed by atoms with Crippen LogP contribution in [0, 0.1) is 6.92 Å². The third-order valence-corrected chi connectivity index (χ3v) is 4.98. The molecule has 8 heteroatoms. The van der Waals surface area contributed by atoms with Gasteiger partial charge in [0, 0.05) is 44.6 Å². The number of nitrogens with one attached hydrogen (secondary N) is 1. The second-order valence-electron chi connectivity index (χ2n) is 6.54. The first kappa shape index (κ1) is 17.6. The average Bonchev–Trinajstić information content (AvgIpc) is 3.12. The molecule has 136 valence electrons. The van der Waals surface area contributed by atoms with Crippen LogP contribution in [0.4, 0.5) is 0 Å². The third-order valence-electron chi connectivity index (χ3n) is 4.98. The number of hydrogen-bond donors (Lipinski definition) is 2. The molecule has 1 amide bonds. The van der Waals surface area contributed by atoms with Crippen molar-refractivity contribution in [2.45, 2.75) is 44.9 Å². The quantitative estimate of drug-likeness (QED) is 0.770. The third kappa shape index (κ3) is 3.45. The molecule has 1 saturated carbocycles. The van der Waals surface area contributed by atoms with Gasteiger partial charge in [-0.1, -0.05) is 0 Å². The van der Waals surface area contributed by atoms with Crippen LogP contribution in [0.3, 0.4) is 0 Å². The fourth-order valence-corrected chi connectivity index (χ4v) is 3.25. The molecule has 2 aromatic rings. The van der Waals surface area contributed by atoms with Gasteiger partial charge in [-0.25, -0.2) is 0 Å². The minimum atomic E-state index is -0.142. The molecule has 0 unspecified atom stereocenters. The van der Waals surface area contributed by atoms with Crippen LogP contribution in [0.2, 0.25) is 0 Å². The van der Waals surface area contributed by atoms with Gasteiger partial charge in [-0.05, 0) is 25.8 Å². The van der Waals surface area contributed by atoms with E-state index in [1.165, 1.54) is 0 Å². The predicted molar refractivity (Wildman–Crippen MR) is 91.2 cm³/mol. The molecule has 0 aliphatic heterocycles. The van der Waals surface area contributed by atoms with E-state index in [1.807, 2.05) is 35.4 Å². The van der Waals surface area contributed by atoms with Gasteiger partial charge in [0.2, 0.25) is 0 Å². The lowest BCUT2D eigenvalue weighted by Gasteiger charge is -2.35. The minimum Gasteiger partial charge on any atom is -0.388 e. The van der Waals surface area contributed by atoms with Crippen molar-refractivity contribution in [2.75, 3.05) is 13.7 Å². The maximum atomic E-state index is 12.4. The average molecular weight is 347 g/mol. The van der Waals surface area contributed by atoms with Gasteiger partial charge in [0.15, 0.2) is 5.82 Å². The second kappa shape index (κ2) is 7.37. The lowest BCUT2D eigenvalue weighted by molar-refractivity contribution is 0.0905. The van der Waals surface area contributed by atoms with Crippen LogP contribution in [0.15, 0.2) is 12.3 Å². The van der Waals surface area contributed by atoms with Crippen LogP contribution in [0.1, 0.15) is 46.5 Å². The van der Waals surface area contributed by atoms with Crippen molar-refractivity contribution in [2.24, 2.45) is 7.05 Å². The number of nitrogens with zero attached hydrogens (tertiary/aromatic N) is 4. The number of ether oxygens (including phenoxy) is 1. The summed E-state index contributed by atoms with van der Waals surface area (Å²) in [5, 5.41) is 20.8. The van der Waals surface area contributed by atoms with E-state index in [-0.39, 0.29) is 24.5 Å². The van der Waals surface area contributed by atoms with Crippen molar-refractivity contribution in [3.05, 3.63) is 35.2 Å². The van der Waals surface area contributed by atoms with Crippen molar-refractivity contribution in [3.8, 4) is 0 Å². The van der Waals surface area contributed by atoms with E-state index >= 15 is 0 Å². The van der Waals surface area contributed by atoms with Crippen LogP contribution in [0.25, 0.3) is 0 Å². The van der Waals surface area contributed by atoms with E-state index in [1.54, 1.807) is 7.11 Å². The van der Waals surface area contributed by atoms with Crippen LogP contribution >= 0.6 is 0 Å². The second-order valence-corrected chi connectivity index (χ2v) is 6.54. The van der Waals surface area contributed by atoms with Gasteiger partial charge in [0.1, 0.15) is 12.4 Å². The molecule has 25 heavy (non-hydrogen) atoms. The molecule has 1 fully saturated rings. The number of aliphatic hydroxyl groups excluding tert-OH is 1. The lowest BCUT2D eigenvalue weighted by atomic mass is 9.79. The smallest absolute Gasteiger partial charge is 0.253 e. The molecule has 0 atom stereocenters. The molecule has 2 N–H and O–H groups in total. The highest BCUT2D eigenvalue weighted by Crippen LogP contribution is 2.36. The summed E-state index contributed by atoms with van der Waals surface area (Å²) >= 11 is 0. The summed E-state index contributed by atoms with van der Waals surface area (Å²) in [5.41, 5.74) is 1.68. The molecule has 0 aromatic carbocycles. The monoisotopic (exact) mass is 347 g/mol. The van der Waals surface area contributed by atoms with Crippen LogP contribution < -0.4 is 5.32 Å². The van der Waals surface area contributed by atoms with E-state index in [4.69, 9.17) is 4.74 Å². The summed E-state index contributed by atoms with van der Waals surface area (Å²) in [7, 11) is 3.57. The number of aromatic nitrogens is 4. The van der Waals surface area contributed by atoms with Gasteiger partial charge in [0.05, 0.1) is 12.2 Å². The Kier molecular flexibility index (Phi) is 5.19.